The monoisotopic (exact) mass is 269 g/mol. The van der Waals surface area contributed by atoms with E-state index in [0.717, 1.165) is 30.7 Å². The van der Waals surface area contributed by atoms with E-state index in [1.54, 1.807) is 25.3 Å². The third-order valence-electron chi connectivity index (χ3n) is 3.39. The SMILES string of the molecule is COc1ccc(S(=O)(=O)C2CCCNC2)cc1C. The molecule has 0 aromatic heterocycles. The number of hydrogen-bond donors (Lipinski definition) is 1. The Kier molecular flexibility index (Phi) is 3.92. The van der Waals surface area contributed by atoms with Crippen LogP contribution in [0.1, 0.15) is 18.4 Å². The first-order chi connectivity index (χ1) is 8.55. The third-order valence-corrected chi connectivity index (χ3v) is 5.58. The summed E-state index contributed by atoms with van der Waals surface area (Å²) in [7, 11) is -1.64. The van der Waals surface area contributed by atoms with Crippen LogP contribution >= 0.6 is 0 Å². The third kappa shape index (κ3) is 2.52. The fourth-order valence-electron chi connectivity index (χ4n) is 2.31. The van der Waals surface area contributed by atoms with Crippen LogP contribution in [0, 0.1) is 6.92 Å². The molecule has 0 saturated carbocycles. The van der Waals surface area contributed by atoms with Crippen LogP contribution in [0.15, 0.2) is 23.1 Å². The van der Waals surface area contributed by atoms with Crippen molar-refractivity contribution in [2.45, 2.75) is 29.9 Å². The van der Waals surface area contributed by atoms with Gasteiger partial charge in [0.25, 0.3) is 0 Å². The van der Waals surface area contributed by atoms with Gasteiger partial charge in [-0.3, -0.25) is 0 Å². The molecule has 4 nitrogen and oxygen atoms in total. The summed E-state index contributed by atoms with van der Waals surface area (Å²) in [5.41, 5.74) is 0.849. The highest BCUT2D eigenvalue weighted by Crippen LogP contribution is 2.26. The lowest BCUT2D eigenvalue weighted by Gasteiger charge is -2.23. The first-order valence-corrected chi connectivity index (χ1v) is 7.69. The molecule has 0 radical (unpaired) electrons. The van der Waals surface area contributed by atoms with E-state index in [1.807, 2.05) is 6.92 Å². The lowest BCUT2D eigenvalue weighted by molar-refractivity contribution is 0.411. The van der Waals surface area contributed by atoms with Gasteiger partial charge in [0.2, 0.25) is 0 Å². The molecule has 0 amide bonds. The standard InChI is InChI=1S/C13H19NO3S/c1-10-8-11(5-6-13(10)17-2)18(15,16)12-4-3-7-14-9-12/h5-6,8,12,14H,3-4,7,9H2,1-2H3. The quantitative estimate of drug-likeness (QED) is 0.904. The molecule has 1 fully saturated rings. The van der Waals surface area contributed by atoms with Crippen molar-refractivity contribution >= 4 is 9.84 Å². The fourth-order valence-corrected chi connectivity index (χ4v) is 4.10. The lowest BCUT2D eigenvalue weighted by atomic mass is 10.2. The second-order valence-corrected chi connectivity index (χ2v) is 6.87. The van der Waals surface area contributed by atoms with Crippen molar-refractivity contribution in [2.24, 2.45) is 0 Å². The highest BCUT2D eigenvalue weighted by atomic mass is 32.2. The molecule has 1 heterocycles. The van der Waals surface area contributed by atoms with E-state index in [4.69, 9.17) is 4.74 Å². The molecule has 1 unspecified atom stereocenters. The van der Waals surface area contributed by atoms with Gasteiger partial charge < -0.3 is 10.1 Å². The molecule has 0 bridgehead atoms. The van der Waals surface area contributed by atoms with Gasteiger partial charge >= 0.3 is 0 Å². The second kappa shape index (κ2) is 5.28. The molecule has 0 spiro atoms. The molecule has 100 valence electrons. The molecule has 0 aliphatic carbocycles. The number of rotatable bonds is 3. The van der Waals surface area contributed by atoms with Gasteiger partial charge in [-0.2, -0.15) is 0 Å². The maximum Gasteiger partial charge on any atom is 0.182 e. The number of sulfone groups is 1. The highest BCUT2D eigenvalue weighted by molar-refractivity contribution is 7.92. The first kappa shape index (κ1) is 13.4. The fraction of sp³-hybridized carbons (Fsp3) is 0.538. The van der Waals surface area contributed by atoms with Crippen molar-refractivity contribution in [1.29, 1.82) is 0 Å². The number of hydrogen-bond acceptors (Lipinski definition) is 4. The van der Waals surface area contributed by atoms with Gasteiger partial charge in [-0.15, -0.1) is 0 Å². The number of aryl methyl sites for hydroxylation is 1. The Labute approximate surface area is 108 Å². The normalized spacial score (nSPS) is 20.7. The molecule has 1 atom stereocenters. The predicted octanol–water partition coefficient (Wildman–Crippen LogP) is 1.53. The van der Waals surface area contributed by atoms with Gasteiger partial charge in [0, 0.05) is 6.54 Å². The van der Waals surface area contributed by atoms with Gasteiger partial charge in [-0.1, -0.05) is 0 Å². The Morgan fingerprint density at radius 1 is 1.39 bits per heavy atom. The average Bonchev–Trinajstić information content (AvgIpc) is 2.39. The van der Waals surface area contributed by atoms with Crippen molar-refractivity contribution in [1.82, 2.24) is 5.32 Å². The van der Waals surface area contributed by atoms with E-state index in [1.165, 1.54) is 0 Å². The number of methoxy groups -OCH3 is 1. The summed E-state index contributed by atoms with van der Waals surface area (Å²) in [5.74, 6) is 0.718. The molecular weight excluding hydrogens is 250 g/mol. The van der Waals surface area contributed by atoms with E-state index in [0.29, 0.717) is 11.4 Å². The zero-order chi connectivity index (χ0) is 13.2. The van der Waals surface area contributed by atoms with Crippen molar-refractivity contribution in [2.75, 3.05) is 20.2 Å². The summed E-state index contributed by atoms with van der Waals surface area (Å²) < 4.78 is 30.1. The maximum absolute atomic E-state index is 12.5. The van der Waals surface area contributed by atoms with Gasteiger partial charge in [-0.05, 0) is 50.1 Å². The Balaban J connectivity index is 2.32. The average molecular weight is 269 g/mol. The minimum atomic E-state index is -3.23. The molecule has 1 aromatic rings. The Morgan fingerprint density at radius 3 is 2.72 bits per heavy atom. The summed E-state index contributed by atoms with van der Waals surface area (Å²) in [5, 5.41) is 2.84. The minimum Gasteiger partial charge on any atom is -0.496 e. The van der Waals surface area contributed by atoms with Gasteiger partial charge in [0.1, 0.15) is 5.75 Å². The Morgan fingerprint density at radius 2 is 2.17 bits per heavy atom. The zero-order valence-corrected chi connectivity index (χ0v) is 11.6. The first-order valence-electron chi connectivity index (χ1n) is 6.15. The number of ether oxygens (including phenoxy) is 1. The van der Waals surface area contributed by atoms with Crippen molar-refractivity contribution in [3.05, 3.63) is 23.8 Å². The zero-order valence-electron chi connectivity index (χ0n) is 10.8. The van der Waals surface area contributed by atoms with Crippen LogP contribution in [0.2, 0.25) is 0 Å². The molecule has 18 heavy (non-hydrogen) atoms. The Bertz CT molecular complexity index is 519. The highest BCUT2D eigenvalue weighted by Gasteiger charge is 2.29. The van der Waals surface area contributed by atoms with Crippen LogP contribution in [0.25, 0.3) is 0 Å². The van der Waals surface area contributed by atoms with E-state index < -0.39 is 9.84 Å². The molecule has 2 rings (SSSR count). The van der Waals surface area contributed by atoms with Crippen LogP contribution in [-0.2, 0) is 9.84 Å². The number of piperidine rings is 1. The van der Waals surface area contributed by atoms with Crippen molar-refractivity contribution in [3.8, 4) is 5.75 Å². The van der Waals surface area contributed by atoms with Crippen molar-refractivity contribution in [3.63, 3.8) is 0 Å². The molecular formula is C13H19NO3S. The minimum absolute atomic E-state index is 0.306. The topological polar surface area (TPSA) is 55.4 Å². The summed E-state index contributed by atoms with van der Waals surface area (Å²) >= 11 is 0. The van der Waals surface area contributed by atoms with Crippen LogP contribution in [-0.4, -0.2) is 33.9 Å². The predicted molar refractivity (Wildman–Crippen MR) is 70.8 cm³/mol. The number of nitrogens with one attached hydrogen (secondary N) is 1. The summed E-state index contributed by atoms with van der Waals surface area (Å²) in [6.45, 7) is 3.32. The van der Waals surface area contributed by atoms with Crippen LogP contribution < -0.4 is 10.1 Å². The summed E-state index contributed by atoms with van der Waals surface area (Å²) in [6.07, 6.45) is 1.65. The molecule has 5 heteroatoms. The van der Waals surface area contributed by atoms with Crippen molar-refractivity contribution < 1.29 is 13.2 Å². The van der Waals surface area contributed by atoms with E-state index >= 15 is 0 Å². The van der Waals surface area contributed by atoms with E-state index in [-0.39, 0.29) is 5.25 Å². The van der Waals surface area contributed by atoms with Crippen LogP contribution in [0.3, 0.4) is 0 Å². The number of benzene rings is 1. The molecule has 1 aromatic carbocycles. The summed E-state index contributed by atoms with van der Waals surface area (Å²) in [4.78, 5) is 0.398. The molecule has 1 saturated heterocycles. The van der Waals surface area contributed by atoms with Gasteiger partial charge in [0.05, 0.1) is 17.3 Å². The molecule has 1 aliphatic rings. The lowest BCUT2D eigenvalue weighted by Crippen LogP contribution is -2.38. The smallest absolute Gasteiger partial charge is 0.182 e. The van der Waals surface area contributed by atoms with Gasteiger partial charge in [-0.25, -0.2) is 8.42 Å². The van der Waals surface area contributed by atoms with E-state index in [2.05, 4.69) is 5.32 Å². The van der Waals surface area contributed by atoms with Crippen LogP contribution in [0.4, 0.5) is 0 Å². The second-order valence-electron chi connectivity index (χ2n) is 4.64. The van der Waals surface area contributed by atoms with E-state index in [9.17, 15) is 8.42 Å². The van der Waals surface area contributed by atoms with Gasteiger partial charge in [0.15, 0.2) is 9.84 Å². The largest absolute Gasteiger partial charge is 0.496 e. The summed E-state index contributed by atoms with van der Waals surface area (Å²) in [6, 6.07) is 5.05. The van der Waals surface area contributed by atoms with Crippen LogP contribution in [0.5, 0.6) is 5.75 Å². The molecule has 1 N–H and O–H groups in total. The Hall–Kier alpha value is -1.07. The maximum atomic E-state index is 12.5. The molecule has 1 aliphatic heterocycles.